The van der Waals surface area contributed by atoms with Gasteiger partial charge in [-0.1, -0.05) is 12.1 Å². The Bertz CT molecular complexity index is 751. The van der Waals surface area contributed by atoms with Gasteiger partial charge in [-0.3, -0.25) is 4.79 Å². The maximum atomic E-state index is 13.1. The topological polar surface area (TPSA) is 79.5 Å². The minimum Gasteiger partial charge on any atom is -0.396 e. The number of aliphatic hydroxyl groups is 1. The van der Waals surface area contributed by atoms with Gasteiger partial charge in [0.05, 0.1) is 6.61 Å². The lowest BCUT2D eigenvalue weighted by Crippen LogP contribution is -2.47. The summed E-state index contributed by atoms with van der Waals surface area (Å²) in [6.07, 6.45) is 4.03. The predicted molar refractivity (Wildman–Crippen MR) is 93.8 cm³/mol. The van der Waals surface area contributed by atoms with E-state index >= 15 is 0 Å². The Balaban J connectivity index is 1.81. The zero-order valence-corrected chi connectivity index (χ0v) is 14.0. The van der Waals surface area contributed by atoms with E-state index in [0.717, 1.165) is 24.9 Å². The smallest absolute Gasteiger partial charge is 0.248 e. The first-order valence-electron chi connectivity index (χ1n) is 8.37. The molecule has 3 N–H and O–H groups in total. The number of aliphatic hydroxyl groups excluding tert-OH is 1. The summed E-state index contributed by atoms with van der Waals surface area (Å²) in [4.78, 5) is 17.8. The number of amides is 1. The van der Waals surface area contributed by atoms with Gasteiger partial charge in [0.1, 0.15) is 11.6 Å². The van der Waals surface area contributed by atoms with E-state index in [9.17, 15) is 14.3 Å². The summed E-state index contributed by atoms with van der Waals surface area (Å²) in [6.45, 7) is 1.47. The fourth-order valence-electron chi connectivity index (χ4n) is 3.51. The lowest BCUT2D eigenvalue weighted by Gasteiger charge is -2.42. The first kappa shape index (κ1) is 17.4. The molecule has 0 saturated carbocycles. The third-order valence-electron chi connectivity index (χ3n) is 4.84. The van der Waals surface area contributed by atoms with Crippen molar-refractivity contribution in [1.29, 1.82) is 0 Å². The standard InChI is InChI=1S/C19H22FN3O2/c20-16-4-2-14(3-5-16)11-19(13-24)7-1-9-23(12-19)17-10-15(18(21)25)6-8-22-17/h2-6,8,10,24H,1,7,9,11-13H2,(H2,21,25)/t19-/m0/s1. The van der Waals surface area contributed by atoms with Crippen LogP contribution in [0.4, 0.5) is 10.2 Å². The second-order valence-electron chi connectivity index (χ2n) is 6.75. The molecule has 1 aliphatic heterocycles. The van der Waals surface area contributed by atoms with Crippen molar-refractivity contribution < 1.29 is 14.3 Å². The molecule has 0 spiro atoms. The number of anilines is 1. The van der Waals surface area contributed by atoms with Gasteiger partial charge in [-0.2, -0.15) is 0 Å². The van der Waals surface area contributed by atoms with Crippen LogP contribution < -0.4 is 10.6 Å². The van der Waals surface area contributed by atoms with Crippen LogP contribution in [0.3, 0.4) is 0 Å². The number of nitrogens with two attached hydrogens (primary N) is 1. The highest BCUT2D eigenvalue weighted by Gasteiger charge is 2.35. The molecule has 1 fully saturated rings. The summed E-state index contributed by atoms with van der Waals surface area (Å²) in [6, 6.07) is 9.69. The van der Waals surface area contributed by atoms with Crippen molar-refractivity contribution in [2.45, 2.75) is 19.3 Å². The minimum atomic E-state index is -0.486. The highest BCUT2D eigenvalue weighted by molar-refractivity contribution is 5.93. The minimum absolute atomic E-state index is 0.0381. The third kappa shape index (κ3) is 3.96. The van der Waals surface area contributed by atoms with Gasteiger partial charge in [0, 0.05) is 30.3 Å². The molecule has 1 aromatic carbocycles. The summed E-state index contributed by atoms with van der Waals surface area (Å²) in [5.41, 5.74) is 6.45. The predicted octanol–water partition coefficient (Wildman–Crippen LogP) is 2.14. The second-order valence-corrected chi connectivity index (χ2v) is 6.75. The summed E-state index contributed by atoms with van der Waals surface area (Å²) in [7, 11) is 0. The van der Waals surface area contributed by atoms with Crippen molar-refractivity contribution in [3.05, 3.63) is 59.5 Å². The lowest BCUT2D eigenvalue weighted by molar-refractivity contribution is 0.0999. The van der Waals surface area contributed by atoms with Gasteiger partial charge in [-0.05, 0) is 49.1 Å². The lowest BCUT2D eigenvalue weighted by atomic mass is 9.75. The van der Waals surface area contributed by atoms with Crippen LogP contribution >= 0.6 is 0 Å². The van der Waals surface area contributed by atoms with Crippen molar-refractivity contribution in [3.8, 4) is 0 Å². The van der Waals surface area contributed by atoms with Crippen molar-refractivity contribution in [3.63, 3.8) is 0 Å². The van der Waals surface area contributed by atoms with Crippen molar-refractivity contribution in [2.75, 3.05) is 24.6 Å². The van der Waals surface area contributed by atoms with Crippen LogP contribution in [0.15, 0.2) is 42.6 Å². The maximum Gasteiger partial charge on any atom is 0.248 e. The molecule has 1 amide bonds. The number of carbonyl (C=O) groups excluding carboxylic acids is 1. The van der Waals surface area contributed by atoms with Gasteiger partial charge >= 0.3 is 0 Å². The molecule has 1 aromatic heterocycles. The number of hydrogen-bond acceptors (Lipinski definition) is 4. The summed E-state index contributed by atoms with van der Waals surface area (Å²) in [5.74, 6) is -0.0622. The molecule has 1 atom stereocenters. The number of carbonyl (C=O) groups is 1. The highest BCUT2D eigenvalue weighted by Crippen LogP contribution is 2.35. The molecular weight excluding hydrogens is 321 g/mol. The normalized spacial score (nSPS) is 20.5. The zero-order valence-electron chi connectivity index (χ0n) is 14.0. The SMILES string of the molecule is NC(=O)c1ccnc(N2CCC[C@](CO)(Cc3ccc(F)cc3)C2)c1. The maximum absolute atomic E-state index is 13.1. The number of aromatic nitrogens is 1. The zero-order chi connectivity index (χ0) is 17.9. The number of nitrogens with zero attached hydrogens (tertiary/aromatic N) is 2. The van der Waals surface area contributed by atoms with Gasteiger partial charge in [-0.15, -0.1) is 0 Å². The summed E-state index contributed by atoms with van der Waals surface area (Å²) in [5, 5.41) is 10.1. The molecule has 3 rings (SSSR count). The molecule has 0 bridgehead atoms. The van der Waals surface area contributed by atoms with Crippen molar-refractivity contribution >= 4 is 11.7 Å². The van der Waals surface area contributed by atoms with Crippen LogP contribution in [0.25, 0.3) is 0 Å². The average Bonchev–Trinajstić information content (AvgIpc) is 2.64. The number of piperidine rings is 1. The Labute approximate surface area is 146 Å². The fourth-order valence-corrected chi connectivity index (χ4v) is 3.51. The largest absolute Gasteiger partial charge is 0.396 e. The second kappa shape index (κ2) is 7.19. The Morgan fingerprint density at radius 1 is 1.32 bits per heavy atom. The number of benzene rings is 1. The molecule has 2 aromatic rings. The molecule has 2 heterocycles. The van der Waals surface area contributed by atoms with Crippen LogP contribution in [0.5, 0.6) is 0 Å². The molecular formula is C19H22FN3O2. The van der Waals surface area contributed by atoms with Crippen LogP contribution in [-0.4, -0.2) is 35.7 Å². The van der Waals surface area contributed by atoms with E-state index in [4.69, 9.17) is 5.73 Å². The molecule has 25 heavy (non-hydrogen) atoms. The molecule has 6 heteroatoms. The molecule has 1 aliphatic rings. The van der Waals surface area contributed by atoms with Gasteiger partial charge in [0.15, 0.2) is 0 Å². The van der Waals surface area contributed by atoms with Crippen molar-refractivity contribution in [2.24, 2.45) is 11.1 Å². The van der Waals surface area contributed by atoms with E-state index < -0.39 is 5.91 Å². The number of rotatable bonds is 5. The Morgan fingerprint density at radius 3 is 2.76 bits per heavy atom. The first-order chi connectivity index (χ1) is 12.0. The number of primary amides is 1. The molecule has 0 unspecified atom stereocenters. The Kier molecular flexibility index (Phi) is 4.99. The molecule has 1 saturated heterocycles. The number of pyridine rings is 1. The van der Waals surface area contributed by atoms with E-state index in [1.54, 1.807) is 30.5 Å². The van der Waals surface area contributed by atoms with E-state index in [1.807, 2.05) is 0 Å². The van der Waals surface area contributed by atoms with Crippen LogP contribution in [0, 0.1) is 11.2 Å². The number of hydrogen-bond donors (Lipinski definition) is 2. The Hall–Kier alpha value is -2.47. The molecule has 132 valence electrons. The van der Waals surface area contributed by atoms with Crippen LogP contribution in [-0.2, 0) is 6.42 Å². The third-order valence-corrected chi connectivity index (χ3v) is 4.84. The highest BCUT2D eigenvalue weighted by atomic mass is 19.1. The monoisotopic (exact) mass is 343 g/mol. The van der Waals surface area contributed by atoms with E-state index in [0.29, 0.717) is 24.3 Å². The quantitative estimate of drug-likeness (QED) is 0.872. The molecule has 5 nitrogen and oxygen atoms in total. The van der Waals surface area contributed by atoms with Crippen molar-refractivity contribution in [1.82, 2.24) is 4.98 Å². The first-order valence-corrected chi connectivity index (χ1v) is 8.37. The Morgan fingerprint density at radius 2 is 2.08 bits per heavy atom. The van der Waals surface area contributed by atoms with E-state index in [1.165, 1.54) is 12.1 Å². The van der Waals surface area contributed by atoms with Crippen LogP contribution in [0.1, 0.15) is 28.8 Å². The fraction of sp³-hybridized carbons (Fsp3) is 0.368. The van der Waals surface area contributed by atoms with Gasteiger partial charge in [-0.25, -0.2) is 9.37 Å². The molecule has 0 aliphatic carbocycles. The van der Waals surface area contributed by atoms with Gasteiger partial charge in [0.2, 0.25) is 5.91 Å². The van der Waals surface area contributed by atoms with Gasteiger partial charge < -0.3 is 15.7 Å². The van der Waals surface area contributed by atoms with Gasteiger partial charge in [0.25, 0.3) is 0 Å². The average molecular weight is 343 g/mol. The van der Waals surface area contributed by atoms with Crippen LogP contribution in [0.2, 0.25) is 0 Å². The van der Waals surface area contributed by atoms with E-state index in [-0.39, 0.29) is 17.8 Å². The number of halogens is 1. The summed E-state index contributed by atoms with van der Waals surface area (Å²) < 4.78 is 13.1. The molecule has 0 radical (unpaired) electrons. The summed E-state index contributed by atoms with van der Waals surface area (Å²) >= 11 is 0. The van der Waals surface area contributed by atoms with E-state index in [2.05, 4.69) is 9.88 Å².